The third-order valence-electron chi connectivity index (χ3n) is 7.62. The number of carbonyl (C=O) groups is 2. The normalized spacial score (nSPS) is 17.1. The van der Waals surface area contributed by atoms with Crippen LogP contribution in [0.15, 0.2) is 82.2 Å². The molecule has 42 heavy (non-hydrogen) atoms. The average molecular weight is 586 g/mol. The number of carbonyl (C=O) groups excluding carboxylic acids is 2. The summed E-state index contributed by atoms with van der Waals surface area (Å²) in [6.45, 7) is 8.16. The molecular formula is C33H35N3O5S. The molecule has 1 amide bonds. The van der Waals surface area contributed by atoms with E-state index in [-0.39, 0.29) is 23.6 Å². The van der Waals surface area contributed by atoms with Gasteiger partial charge in [0.2, 0.25) is 0 Å². The fraction of sp³-hybridized carbons (Fsp3) is 0.333. The molecule has 0 unspecified atom stereocenters. The van der Waals surface area contributed by atoms with Crippen molar-refractivity contribution in [2.24, 2.45) is 4.99 Å². The molecule has 0 saturated heterocycles. The lowest BCUT2D eigenvalue weighted by Gasteiger charge is -2.24. The van der Waals surface area contributed by atoms with Crippen molar-refractivity contribution in [1.29, 1.82) is 0 Å². The number of hydrogen-bond donors (Lipinski definition) is 0. The Kier molecular flexibility index (Phi) is 8.87. The molecule has 0 aliphatic carbocycles. The van der Waals surface area contributed by atoms with Gasteiger partial charge in [-0.1, -0.05) is 86.9 Å². The number of aromatic nitrogens is 1. The number of fused-ring (bicyclic) bond motifs is 2. The van der Waals surface area contributed by atoms with Gasteiger partial charge in [-0.2, -0.15) is 0 Å². The number of esters is 1. The second-order valence-corrected chi connectivity index (χ2v) is 11.3. The van der Waals surface area contributed by atoms with E-state index in [1.165, 1.54) is 28.4 Å². The summed E-state index contributed by atoms with van der Waals surface area (Å²) in [6, 6.07) is 14.0. The van der Waals surface area contributed by atoms with Gasteiger partial charge in [-0.15, -0.1) is 0 Å². The third kappa shape index (κ3) is 5.36. The Morgan fingerprint density at radius 2 is 1.81 bits per heavy atom. The number of ether oxygens (including phenoxy) is 2. The van der Waals surface area contributed by atoms with Gasteiger partial charge in [-0.3, -0.25) is 14.2 Å². The first-order valence-electron chi connectivity index (χ1n) is 14.3. The third-order valence-corrected chi connectivity index (χ3v) is 8.67. The topological polar surface area (TPSA) is 90.2 Å². The highest BCUT2D eigenvalue weighted by molar-refractivity contribution is 7.07. The predicted octanol–water partition coefficient (Wildman–Crippen LogP) is 4.66. The maximum absolute atomic E-state index is 14.3. The van der Waals surface area contributed by atoms with Crippen LogP contribution >= 0.6 is 11.3 Å². The van der Waals surface area contributed by atoms with Crippen molar-refractivity contribution in [3.63, 3.8) is 0 Å². The van der Waals surface area contributed by atoms with Gasteiger partial charge in [-0.25, -0.2) is 9.79 Å². The monoisotopic (exact) mass is 585 g/mol. The molecule has 0 bridgehead atoms. The van der Waals surface area contributed by atoms with Gasteiger partial charge < -0.3 is 14.4 Å². The van der Waals surface area contributed by atoms with Crippen LogP contribution in [0, 0.1) is 0 Å². The molecule has 3 aromatic rings. The van der Waals surface area contributed by atoms with Gasteiger partial charge in [0, 0.05) is 12.1 Å². The highest BCUT2D eigenvalue weighted by Gasteiger charge is 2.37. The van der Waals surface area contributed by atoms with Gasteiger partial charge in [-0.05, 0) is 37.1 Å². The Morgan fingerprint density at radius 3 is 2.52 bits per heavy atom. The largest absolute Gasteiger partial charge is 0.497 e. The highest BCUT2D eigenvalue weighted by Crippen LogP contribution is 2.36. The lowest BCUT2D eigenvalue weighted by Crippen LogP contribution is -2.41. The fourth-order valence-corrected chi connectivity index (χ4v) is 6.68. The van der Waals surface area contributed by atoms with Crippen LogP contribution in [0.3, 0.4) is 0 Å². The number of hydrogen-bond acceptors (Lipinski definition) is 7. The molecule has 8 nitrogen and oxygen atoms in total. The summed E-state index contributed by atoms with van der Waals surface area (Å²) in [5.74, 6) is -0.112. The molecule has 2 aliphatic heterocycles. The van der Waals surface area contributed by atoms with Crippen LogP contribution in [0.25, 0.3) is 5.57 Å². The van der Waals surface area contributed by atoms with E-state index in [2.05, 4.69) is 18.5 Å². The number of methoxy groups -OCH3 is 1. The van der Waals surface area contributed by atoms with Crippen molar-refractivity contribution < 1.29 is 19.1 Å². The zero-order valence-corrected chi connectivity index (χ0v) is 25.0. The van der Waals surface area contributed by atoms with Crippen LogP contribution in [0.5, 0.6) is 5.75 Å². The average Bonchev–Trinajstić information content (AvgIpc) is 3.47. The van der Waals surface area contributed by atoms with Crippen LogP contribution in [0.2, 0.25) is 0 Å². The molecule has 0 fully saturated rings. The molecule has 0 spiro atoms. The summed E-state index contributed by atoms with van der Waals surface area (Å²) < 4.78 is 12.6. The van der Waals surface area contributed by atoms with Gasteiger partial charge in [0.25, 0.3) is 11.5 Å². The lowest BCUT2D eigenvalue weighted by molar-refractivity contribution is -0.138. The van der Waals surface area contributed by atoms with Crippen molar-refractivity contribution in [2.45, 2.75) is 52.0 Å². The minimum atomic E-state index is -0.791. The number of thiazole rings is 1. The molecule has 3 heterocycles. The van der Waals surface area contributed by atoms with Crippen LogP contribution in [0.1, 0.15) is 63.1 Å². The van der Waals surface area contributed by atoms with Gasteiger partial charge in [0.15, 0.2) is 4.80 Å². The minimum Gasteiger partial charge on any atom is -0.497 e. The predicted molar refractivity (Wildman–Crippen MR) is 164 cm³/mol. The molecule has 5 rings (SSSR count). The van der Waals surface area contributed by atoms with E-state index in [1.54, 1.807) is 31.1 Å². The molecule has 218 valence electrons. The Balaban J connectivity index is 1.66. The van der Waals surface area contributed by atoms with Crippen molar-refractivity contribution >= 4 is 34.5 Å². The summed E-state index contributed by atoms with van der Waals surface area (Å²) in [6.07, 6.45) is 6.89. The molecule has 9 heteroatoms. The molecule has 1 aromatic heterocycles. The molecule has 0 saturated carbocycles. The summed E-state index contributed by atoms with van der Waals surface area (Å²) >= 11 is 1.18. The Bertz CT molecular complexity index is 1730. The summed E-state index contributed by atoms with van der Waals surface area (Å²) in [5, 5.41) is 0. The Morgan fingerprint density at radius 1 is 1.07 bits per heavy atom. The lowest BCUT2D eigenvalue weighted by atomic mass is 9.96. The zero-order chi connectivity index (χ0) is 29.8. The number of benzene rings is 2. The summed E-state index contributed by atoms with van der Waals surface area (Å²) in [5.41, 5.74) is 2.98. The first-order chi connectivity index (χ1) is 20.4. The first kappa shape index (κ1) is 29.3. The maximum Gasteiger partial charge on any atom is 0.338 e. The number of rotatable bonds is 11. The molecule has 0 N–H and O–H groups in total. The number of allylic oxidation sites excluding steroid dienone is 1. The minimum absolute atomic E-state index is 0.0269. The van der Waals surface area contributed by atoms with E-state index < -0.39 is 12.0 Å². The Labute approximate surface area is 248 Å². The smallest absolute Gasteiger partial charge is 0.338 e. The van der Waals surface area contributed by atoms with Crippen LogP contribution in [-0.4, -0.2) is 36.7 Å². The van der Waals surface area contributed by atoms with Gasteiger partial charge in [0.1, 0.15) is 16.9 Å². The molecule has 1 atom stereocenters. The van der Waals surface area contributed by atoms with Gasteiger partial charge >= 0.3 is 5.97 Å². The quantitative estimate of drug-likeness (QED) is 0.186. The molecule has 0 radical (unpaired) electrons. The highest BCUT2D eigenvalue weighted by atomic mass is 32.1. The fourth-order valence-electron chi connectivity index (χ4n) is 5.54. The number of para-hydroxylation sites is 1. The van der Waals surface area contributed by atoms with E-state index in [1.807, 2.05) is 36.4 Å². The number of nitrogens with zero attached hydrogens (tertiary/aromatic N) is 3. The molecule has 2 aromatic carbocycles. The van der Waals surface area contributed by atoms with Crippen LogP contribution in [-0.2, 0) is 14.3 Å². The van der Waals surface area contributed by atoms with Crippen LogP contribution < -0.4 is 24.5 Å². The van der Waals surface area contributed by atoms with Crippen molar-refractivity contribution in [1.82, 2.24) is 4.57 Å². The Hall–Kier alpha value is -4.24. The number of anilines is 1. The van der Waals surface area contributed by atoms with E-state index >= 15 is 0 Å². The second-order valence-electron chi connectivity index (χ2n) is 10.3. The zero-order valence-electron chi connectivity index (χ0n) is 24.2. The maximum atomic E-state index is 14.3. The van der Waals surface area contributed by atoms with E-state index in [0.717, 1.165) is 36.9 Å². The van der Waals surface area contributed by atoms with E-state index in [0.29, 0.717) is 38.5 Å². The SMILES string of the molecule is C=CCOC(=O)C1=C(C)N=c2s/c(=C3\C(=O)N(CCCCCCC)c4ccccc43)c(=O)n2[C@@H]1c1ccc(OC)cc1. The van der Waals surface area contributed by atoms with Crippen molar-refractivity contribution in [3.05, 3.63) is 103 Å². The number of unbranched alkanes of at least 4 members (excludes halogenated alkanes) is 4. The van der Waals surface area contributed by atoms with E-state index in [4.69, 9.17) is 9.47 Å². The standard InChI is InChI=1S/C33H35N3O5S/c1-5-7-8-9-12-19-35-25-14-11-10-13-24(25)27(30(35)37)29-31(38)36-28(22-15-17-23(40-4)18-16-22)26(32(39)41-20-6-2)21(3)34-33(36)42-29/h6,10-11,13-18,28H,2,5,7-9,12,19-20H2,1,3-4H3/b29-27-/t28-/m1/s1. The van der Waals surface area contributed by atoms with Crippen molar-refractivity contribution in [2.75, 3.05) is 25.2 Å². The molecule has 2 aliphatic rings. The molecular weight excluding hydrogens is 550 g/mol. The van der Waals surface area contributed by atoms with E-state index in [9.17, 15) is 14.4 Å². The summed E-state index contributed by atoms with van der Waals surface area (Å²) in [7, 11) is 1.58. The van der Waals surface area contributed by atoms with Crippen LogP contribution in [0.4, 0.5) is 5.69 Å². The summed E-state index contributed by atoms with van der Waals surface area (Å²) in [4.78, 5) is 48.4. The number of amides is 1. The second kappa shape index (κ2) is 12.7. The van der Waals surface area contributed by atoms with Crippen molar-refractivity contribution in [3.8, 4) is 5.75 Å². The van der Waals surface area contributed by atoms with Gasteiger partial charge in [0.05, 0.1) is 35.7 Å². The first-order valence-corrected chi connectivity index (χ1v) is 15.1.